The van der Waals surface area contributed by atoms with Crippen LogP contribution in [0.5, 0.6) is 0 Å². The van der Waals surface area contributed by atoms with Gasteiger partial charge in [-0.2, -0.15) is 0 Å². The molecule has 3 atom stereocenters. The lowest BCUT2D eigenvalue weighted by molar-refractivity contribution is 0.173. The van der Waals surface area contributed by atoms with Crippen molar-refractivity contribution in [3.63, 3.8) is 0 Å². The van der Waals surface area contributed by atoms with Crippen LogP contribution in [-0.4, -0.2) is 36.4 Å². The highest BCUT2D eigenvalue weighted by molar-refractivity contribution is 5.74. The lowest BCUT2D eigenvalue weighted by atomic mass is 9.60. The van der Waals surface area contributed by atoms with E-state index in [0.29, 0.717) is 5.92 Å². The summed E-state index contributed by atoms with van der Waals surface area (Å²) in [6, 6.07) is 7.56. The maximum Gasteiger partial charge on any atom is 0.0621 e. The fraction of sp³-hybridized carbons (Fsp3) is 0.625. The number of hydrogen-bond acceptors (Lipinski definition) is 3. The number of aliphatic hydroxyl groups is 1. The van der Waals surface area contributed by atoms with Gasteiger partial charge in [-0.25, -0.2) is 0 Å². The molecule has 0 saturated heterocycles. The van der Waals surface area contributed by atoms with Crippen LogP contribution in [-0.2, 0) is 18.3 Å². The third-order valence-electron chi connectivity index (χ3n) is 9.88. The van der Waals surface area contributed by atoms with Gasteiger partial charge < -0.3 is 14.9 Å². The van der Waals surface area contributed by atoms with Gasteiger partial charge in [0, 0.05) is 47.9 Å². The van der Waals surface area contributed by atoms with E-state index in [1.54, 1.807) is 11.3 Å². The average molecular weight is 473 g/mol. The zero-order valence-electron chi connectivity index (χ0n) is 23.0. The van der Waals surface area contributed by atoms with Crippen molar-refractivity contribution in [3.05, 3.63) is 57.1 Å². The van der Waals surface area contributed by atoms with Crippen LogP contribution in [0.15, 0.2) is 18.2 Å². The monoisotopic (exact) mass is 472 g/mol. The van der Waals surface area contributed by atoms with Crippen LogP contribution in [0, 0.1) is 0 Å². The van der Waals surface area contributed by atoms with E-state index >= 15 is 0 Å². The maximum absolute atomic E-state index is 11.3. The molecule has 188 valence electrons. The number of aliphatic hydroxyl groups excluding tert-OH is 1. The molecular weight excluding hydrogens is 428 g/mol. The number of fused-ring (bicyclic) bond motifs is 4. The fourth-order valence-electron chi connectivity index (χ4n) is 8.63. The lowest BCUT2D eigenvalue weighted by Gasteiger charge is -2.50. The van der Waals surface area contributed by atoms with Gasteiger partial charge in [0.05, 0.1) is 6.10 Å². The second kappa shape index (κ2) is 7.75. The quantitative estimate of drug-likeness (QED) is 0.530. The van der Waals surface area contributed by atoms with Crippen LogP contribution in [0.3, 0.4) is 0 Å². The van der Waals surface area contributed by atoms with Crippen molar-refractivity contribution >= 4 is 11.4 Å². The fourth-order valence-corrected chi connectivity index (χ4v) is 8.63. The second-order valence-corrected chi connectivity index (χ2v) is 13.0. The zero-order valence-corrected chi connectivity index (χ0v) is 23.0. The molecule has 3 heteroatoms. The molecule has 1 aliphatic carbocycles. The number of nitrogens with zero attached hydrogens (tertiary/aromatic N) is 2. The third-order valence-corrected chi connectivity index (χ3v) is 9.88. The number of aryl methyl sites for hydroxylation is 1. The molecule has 3 nitrogen and oxygen atoms in total. The highest BCUT2D eigenvalue weighted by atomic mass is 16.3. The standard InChI is InChI=1S/C32H44N2O/c1-8-34-27-17-26-24(16-23(27)19(2)18-31(34,4)5)28(20(3)35)25-15-21-11-9-13-33-14-10-12-22(30(21)33)29(25)32(26,6)7/h15-17,19-20,28,35H,8-14,18H2,1-7H3. The summed E-state index contributed by atoms with van der Waals surface area (Å²) in [4.78, 5) is 5.29. The van der Waals surface area contributed by atoms with E-state index in [1.807, 2.05) is 6.92 Å². The Balaban J connectivity index is 1.65. The summed E-state index contributed by atoms with van der Waals surface area (Å²) in [7, 11) is 0. The number of benzene rings is 2. The first kappa shape index (κ1) is 23.4. The molecule has 0 bridgehead atoms. The molecule has 3 unspecified atom stereocenters. The van der Waals surface area contributed by atoms with Gasteiger partial charge in [-0.1, -0.05) is 32.9 Å². The Kier molecular flexibility index (Phi) is 5.18. The van der Waals surface area contributed by atoms with Crippen LogP contribution in [0.1, 0.15) is 119 Å². The summed E-state index contributed by atoms with van der Waals surface area (Å²) in [6.07, 6.45) is 5.59. The van der Waals surface area contributed by atoms with Gasteiger partial charge in [-0.3, -0.25) is 0 Å². The Hall–Kier alpha value is -2.00. The molecule has 0 fully saturated rings. The molecule has 4 aliphatic rings. The summed E-state index contributed by atoms with van der Waals surface area (Å²) < 4.78 is 0. The maximum atomic E-state index is 11.3. The molecule has 3 aliphatic heterocycles. The van der Waals surface area contributed by atoms with E-state index in [1.165, 1.54) is 84.3 Å². The SMILES string of the molecule is CCN1c2cc3c(cc2C(C)CC1(C)C)C(C(C)O)c1cc2c4c(c1C3(C)C)CCCN4CCC2. The van der Waals surface area contributed by atoms with E-state index in [2.05, 4.69) is 69.5 Å². The predicted octanol–water partition coefficient (Wildman–Crippen LogP) is 6.65. The number of rotatable bonds is 2. The summed E-state index contributed by atoms with van der Waals surface area (Å²) >= 11 is 0. The highest BCUT2D eigenvalue weighted by Gasteiger charge is 2.45. The summed E-state index contributed by atoms with van der Waals surface area (Å²) in [5.74, 6) is 0.569. The van der Waals surface area contributed by atoms with E-state index in [-0.39, 0.29) is 16.9 Å². The van der Waals surface area contributed by atoms with E-state index < -0.39 is 6.10 Å². The highest BCUT2D eigenvalue weighted by Crippen LogP contribution is 2.56. The summed E-state index contributed by atoms with van der Waals surface area (Å²) in [6.45, 7) is 19.8. The van der Waals surface area contributed by atoms with Crippen molar-refractivity contribution in [3.8, 4) is 0 Å². The smallest absolute Gasteiger partial charge is 0.0621 e. The van der Waals surface area contributed by atoms with Gasteiger partial charge in [0.1, 0.15) is 0 Å². The van der Waals surface area contributed by atoms with Gasteiger partial charge in [0.15, 0.2) is 0 Å². The second-order valence-electron chi connectivity index (χ2n) is 13.0. The summed E-state index contributed by atoms with van der Waals surface area (Å²) in [5.41, 5.74) is 13.4. The van der Waals surface area contributed by atoms with Crippen molar-refractivity contribution in [1.29, 1.82) is 0 Å². The molecule has 2 aromatic rings. The molecular formula is C32H44N2O. The average Bonchev–Trinajstić information content (AvgIpc) is 2.78. The Morgan fingerprint density at radius 3 is 2.40 bits per heavy atom. The van der Waals surface area contributed by atoms with Gasteiger partial charge in [-0.15, -0.1) is 0 Å². The van der Waals surface area contributed by atoms with E-state index in [0.717, 1.165) is 6.54 Å². The van der Waals surface area contributed by atoms with Crippen molar-refractivity contribution < 1.29 is 5.11 Å². The topological polar surface area (TPSA) is 26.7 Å². The first-order chi connectivity index (χ1) is 16.6. The van der Waals surface area contributed by atoms with Gasteiger partial charge in [-0.05, 0) is 111 Å². The normalized spacial score (nSPS) is 26.4. The molecule has 3 heterocycles. The molecule has 0 amide bonds. The van der Waals surface area contributed by atoms with Crippen LogP contribution in [0.25, 0.3) is 0 Å². The van der Waals surface area contributed by atoms with Gasteiger partial charge in [0.25, 0.3) is 0 Å². The Morgan fingerprint density at radius 1 is 1.00 bits per heavy atom. The lowest BCUT2D eigenvalue weighted by Crippen LogP contribution is -2.48. The minimum absolute atomic E-state index is 0.0504. The van der Waals surface area contributed by atoms with Gasteiger partial charge >= 0.3 is 0 Å². The van der Waals surface area contributed by atoms with Crippen LogP contribution in [0.4, 0.5) is 11.4 Å². The number of anilines is 2. The Labute approximate surface area is 212 Å². The summed E-state index contributed by atoms with van der Waals surface area (Å²) in [5, 5.41) is 11.3. The Bertz CT molecular complexity index is 1190. The molecule has 0 spiro atoms. The number of hydrogen-bond donors (Lipinski definition) is 1. The largest absolute Gasteiger partial charge is 0.392 e. The molecule has 1 N–H and O–H groups in total. The molecule has 0 radical (unpaired) electrons. The van der Waals surface area contributed by atoms with Crippen LogP contribution >= 0.6 is 0 Å². The molecule has 6 rings (SSSR count). The van der Waals surface area contributed by atoms with Crippen LogP contribution in [0.2, 0.25) is 0 Å². The zero-order chi connectivity index (χ0) is 24.9. The van der Waals surface area contributed by atoms with Crippen molar-refractivity contribution in [2.24, 2.45) is 0 Å². The molecule has 2 aromatic carbocycles. The first-order valence-corrected chi connectivity index (χ1v) is 14.1. The minimum atomic E-state index is -0.409. The van der Waals surface area contributed by atoms with E-state index in [4.69, 9.17) is 0 Å². The minimum Gasteiger partial charge on any atom is -0.392 e. The van der Waals surface area contributed by atoms with Crippen molar-refractivity contribution in [1.82, 2.24) is 0 Å². The molecule has 0 aromatic heterocycles. The van der Waals surface area contributed by atoms with Gasteiger partial charge in [0.2, 0.25) is 0 Å². The van der Waals surface area contributed by atoms with Crippen LogP contribution < -0.4 is 9.80 Å². The molecule has 0 saturated carbocycles. The first-order valence-electron chi connectivity index (χ1n) is 14.1. The third kappa shape index (κ3) is 3.19. The predicted molar refractivity (Wildman–Crippen MR) is 148 cm³/mol. The van der Waals surface area contributed by atoms with Crippen molar-refractivity contribution in [2.45, 2.75) is 109 Å². The van der Waals surface area contributed by atoms with E-state index in [9.17, 15) is 5.11 Å². The Morgan fingerprint density at radius 2 is 1.71 bits per heavy atom. The van der Waals surface area contributed by atoms with Crippen molar-refractivity contribution in [2.75, 3.05) is 29.4 Å². The molecule has 35 heavy (non-hydrogen) atoms.